The van der Waals surface area contributed by atoms with Crippen molar-refractivity contribution in [3.05, 3.63) is 91.6 Å². The first-order valence-corrected chi connectivity index (χ1v) is 10.4. The second kappa shape index (κ2) is 8.69. The number of ether oxygens (including phenoxy) is 2. The fourth-order valence-electron chi connectivity index (χ4n) is 3.50. The molecule has 4 aromatic rings. The molecular formula is C25H18Cl2O5. The van der Waals surface area contributed by atoms with E-state index in [0.717, 1.165) is 11.1 Å². The van der Waals surface area contributed by atoms with Crippen LogP contribution < -0.4 is 14.9 Å². The van der Waals surface area contributed by atoms with Gasteiger partial charge in [0.05, 0.1) is 23.1 Å². The molecule has 0 saturated heterocycles. The van der Waals surface area contributed by atoms with Gasteiger partial charge < -0.3 is 13.9 Å². The maximum absolute atomic E-state index is 13.5. The quantitative estimate of drug-likeness (QED) is 0.315. The predicted molar refractivity (Wildman–Crippen MR) is 125 cm³/mol. The molecule has 1 aromatic heterocycles. The normalized spacial score (nSPS) is 10.9. The van der Waals surface area contributed by atoms with Gasteiger partial charge in [0.2, 0.25) is 11.2 Å². The number of aryl methyl sites for hydroxylation is 2. The Labute approximate surface area is 194 Å². The molecule has 162 valence electrons. The molecule has 7 heteroatoms. The lowest BCUT2D eigenvalue weighted by atomic mass is 10.0. The fraction of sp³-hybridized carbons (Fsp3) is 0.120. The highest BCUT2D eigenvalue weighted by molar-refractivity contribution is 6.36. The number of rotatable bonds is 4. The van der Waals surface area contributed by atoms with Crippen LogP contribution in [-0.4, -0.2) is 13.1 Å². The maximum Gasteiger partial charge on any atom is 0.345 e. The minimum absolute atomic E-state index is 0.0804. The highest BCUT2D eigenvalue weighted by atomic mass is 35.5. The maximum atomic E-state index is 13.5. The molecule has 32 heavy (non-hydrogen) atoms. The Bertz CT molecular complexity index is 1410. The van der Waals surface area contributed by atoms with Crippen LogP contribution in [0.25, 0.3) is 22.3 Å². The van der Waals surface area contributed by atoms with Crippen molar-refractivity contribution in [2.24, 2.45) is 0 Å². The highest BCUT2D eigenvalue weighted by Gasteiger charge is 2.23. The zero-order chi connectivity index (χ0) is 23.0. The number of carbonyl (C=O) groups excluding carboxylic acids is 1. The topological polar surface area (TPSA) is 65.7 Å². The van der Waals surface area contributed by atoms with Gasteiger partial charge in [-0.15, -0.1) is 0 Å². The number of benzene rings is 3. The molecule has 0 saturated carbocycles. The molecule has 3 aromatic carbocycles. The first-order valence-electron chi connectivity index (χ1n) is 9.68. The van der Waals surface area contributed by atoms with E-state index < -0.39 is 11.4 Å². The van der Waals surface area contributed by atoms with Gasteiger partial charge in [-0.2, -0.15) is 0 Å². The van der Waals surface area contributed by atoms with Crippen molar-refractivity contribution >= 4 is 40.1 Å². The summed E-state index contributed by atoms with van der Waals surface area (Å²) >= 11 is 12.1. The minimum atomic E-state index is -0.794. The lowest BCUT2D eigenvalue weighted by molar-refractivity contribution is 0.0731. The summed E-state index contributed by atoms with van der Waals surface area (Å²) in [6.45, 7) is 3.72. The van der Waals surface area contributed by atoms with Crippen molar-refractivity contribution in [1.82, 2.24) is 0 Å². The van der Waals surface area contributed by atoms with Crippen LogP contribution in [0.5, 0.6) is 11.5 Å². The van der Waals surface area contributed by atoms with E-state index in [4.69, 9.17) is 37.1 Å². The van der Waals surface area contributed by atoms with Gasteiger partial charge in [0.1, 0.15) is 11.3 Å². The third kappa shape index (κ3) is 4.09. The number of fused-ring (bicyclic) bond motifs is 1. The molecule has 0 aliphatic rings. The molecule has 4 rings (SSSR count). The van der Waals surface area contributed by atoms with E-state index in [2.05, 4.69) is 0 Å². The Morgan fingerprint density at radius 2 is 1.69 bits per heavy atom. The molecule has 0 bridgehead atoms. The number of esters is 1. The van der Waals surface area contributed by atoms with Gasteiger partial charge in [-0.25, -0.2) is 4.79 Å². The number of hydrogen-bond donors (Lipinski definition) is 0. The van der Waals surface area contributed by atoms with Crippen LogP contribution in [0.4, 0.5) is 0 Å². The lowest BCUT2D eigenvalue weighted by Crippen LogP contribution is -2.17. The molecule has 0 aliphatic heterocycles. The van der Waals surface area contributed by atoms with Gasteiger partial charge in [-0.3, -0.25) is 4.79 Å². The standard InChI is InChI=1S/C25H18Cl2O5/c1-13-10-14(2)21-20(11-13)31-23(15-4-7-17(30-3)8-5-15)24(22(21)28)32-25(29)18-9-6-16(26)12-19(18)27/h4-12H,1-3H3. The van der Waals surface area contributed by atoms with Gasteiger partial charge in [0, 0.05) is 10.6 Å². The van der Waals surface area contributed by atoms with E-state index in [1.807, 2.05) is 13.0 Å². The molecule has 1 heterocycles. The molecule has 0 unspecified atom stereocenters. The number of hydrogen-bond acceptors (Lipinski definition) is 5. The summed E-state index contributed by atoms with van der Waals surface area (Å²) in [5.74, 6) is -0.243. The molecule has 0 aliphatic carbocycles. The van der Waals surface area contributed by atoms with Gasteiger partial charge in [-0.1, -0.05) is 29.3 Å². The Morgan fingerprint density at radius 3 is 2.34 bits per heavy atom. The molecule has 0 amide bonds. The zero-order valence-electron chi connectivity index (χ0n) is 17.5. The highest BCUT2D eigenvalue weighted by Crippen LogP contribution is 2.34. The van der Waals surface area contributed by atoms with Gasteiger partial charge in [-0.05, 0) is 73.5 Å². The summed E-state index contributed by atoms with van der Waals surface area (Å²) in [5.41, 5.74) is 2.25. The van der Waals surface area contributed by atoms with Crippen molar-refractivity contribution < 1.29 is 18.7 Å². The van der Waals surface area contributed by atoms with Crippen LogP contribution in [0.15, 0.2) is 63.8 Å². The third-order valence-corrected chi connectivity index (χ3v) is 5.54. The van der Waals surface area contributed by atoms with Crippen molar-refractivity contribution in [3.63, 3.8) is 0 Å². The Balaban J connectivity index is 1.93. The van der Waals surface area contributed by atoms with E-state index in [-0.39, 0.29) is 22.1 Å². The number of halogens is 2. The van der Waals surface area contributed by atoms with E-state index in [9.17, 15) is 9.59 Å². The van der Waals surface area contributed by atoms with Crippen molar-refractivity contribution in [1.29, 1.82) is 0 Å². The third-order valence-electron chi connectivity index (χ3n) is 4.99. The largest absolute Gasteiger partial charge is 0.497 e. The van der Waals surface area contributed by atoms with Gasteiger partial charge >= 0.3 is 5.97 Å². The van der Waals surface area contributed by atoms with Crippen LogP contribution in [0.3, 0.4) is 0 Å². The summed E-state index contributed by atoms with van der Waals surface area (Å²) < 4.78 is 16.9. The van der Waals surface area contributed by atoms with E-state index in [0.29, 0.717) is 27.3 Å². The number of methoxy groups -OCH3 is 1. The summed E-state index contributed by atoms with van der Waals surface area (Å²) in [6, 6.07) is 14.9. The zero-order valence-corrected chi connectivity index (χ0v) is 19.0. The van der Waals surface area contributed by atoms with Crippen LogP contribution in [-0.2, 0) is 0 Å². The minimum Gasteiger partial charge on any atom is -0.497 e. The monoisotopic (exact) mass is 468 g/mol. The van der Waals surface area contributed by atoms with E-state index in [1.165, 1.54) is 18.2 Å². The fourth-order valence-corrected chi connectivity index (χ4v) is 3.99. The average Bonchev–Trinajstić information content (AvgIpc) is 2.75. The molecule has 0 spiro atoms. The van der Waals surface area contributed by atoms with Crippen LogP contribution in [0.1, 0.15) is 21.5 Å². The smallest absolute Gasteiger partial charge is 0.345 e. The van der Waals surface area contributed by atoms with Crippen LogP contribution in [0, 0.1) is 13.8 Å². The average molecular weight is 469 g/mol. The van der Waals surface area contributed by atoms with Crippen molar-refractivity contribution in [2.45, 2.75) is 13.8 Å². The SMILES string of the molecule is COc1ccc(-c2oc3cc(C)cc(C)c3c(=O)c2OC(=O)c2ccc(Cl)cc2Cl)cc1. The first-order chi connectivity index (χ1) is 15.3. The van der Waals surface area contributed by atoms with Crippen LogP contribution in [0.2, 0.25) is 10.0 Å². The predicted octanol–water partition coefficient (Wildman–Crippen LogP) is 6.61. The molecule has 0 radical (unpaired) electrons. The van der Waals surface area contributed by atoms with E-state index >= 15 is 0 Å². The van der Waals surface area contributed by atoms with Crippen LogP contribution >= 0.6 is 23.2 Å². The van der Waals surface area contributed by atoms with Gasteiger partial charge in [0.15, 0.2) is 5.76 Å². The second-order valence-corrected chi connectivity index (χ2v) is 8.13. The summed E-state index contributed by atoms with van der Waals surface area (Å²) in [5, 5.41) is 0.838. The Kier molecular flexibility index (Phi) is 5.96. The molecule has 0 fully saturated rings. The molecule has 0 N–H and O–H groups in total. The molecular weight excluding hydrogens is 451 g/mol. The molecule has 5 nitrogen and oxygen atoms in total. The number of carbonyl (C=O) groups is 1. The summed E-state index contributed by atoms with van der Waals surface area (Å²) in [7, 11) is 1.56. The summed E-state index contributed by atoms with van der Waals surface area (Å²) in [6.07, 6.45) is 0. The lowest BCUT2D eigenvalue weighted by Gasteiger charge is -2.13. The Hall–Kier alpha value is -3.28. The van der Waals surface area contributed by atoms with Gasteiger partial charge in [0.25, 0.3) is 0 Å². The first kappa shape index (κ1) is 21.9. The Morgan fingerprint density at radius 1 is 0.969 bits per heavy atom. The van der Waals surface area contributed by atoms with E-state index in [1.54, 1.807) is 44.4 Å². The van der Waals surface area contributed by atoms with Crippen molar-refractivity contribution in [3.8, 4) is 22.8 Å². The summed E-state index contributed by atoms with van der Waals surface area (Å²) in [4.78, 5) is 26.4. The molecule has 0 atom stereocenters. The second-order valence-electron chi connectivity index (χ2n) is 7.29. The van der Waals surface area contributed by atoms with Crippen molar-refractivity contribution in [2.75, 3.05) is 7.11 Å².